The lowest BCUT2D eigenvalue weighted by Crippen LogP contribution is -2.42. The molecule has 0 amide bonds. The zero-order chi connectivity index (χ0) is 12.5. The van der Waals surface area contributed by atoms with E-state index in [2.05, 4.69) is 5.16 Å². The molecule has 1 aromatic rings. The molecule has 4 heteroatoms. The summed E-state index contributed by atoms with van der Waals surface area (Å²) in [4.78, 5) is 17.4. The molecule has 90 valence electrons. The van der Waals surface area contributed by atoms with Crippen LogP contribution in [-0.2, 0) is 9.63 Å². The van der Waals surface area contributed by atoms with Crippen LogP contribution < -0.4 is 0 Å². The molecule has 0 fully saturated rings. The fourth-order valence-electron chi connectivity index (χ4n) is 1.80. The SMILES string of the molecule is C[Si](C)(C)C(=O)[C@@H]1CC(c2ccccc2)=NO1. The Hall–Kier alpha value is -1.42. The van der Waals surface area contributed by atoms with Gasteiger partial charge < -0.3 is 9.63 Å². The second-order valence-corrected chi connectivity index (χ2v) is 10.3. The molecular weight excluding hydrogens is 230 g/mol. The first-order valence-corrected chi connectivity index (χ1v) is 9.31. The monoisotopic (exact) mass is 247 g/mol. The van der Waals surface area contributed by atoms with Crippen LogP contribution in [0.25, 0.3) is 0 Å². The molecular formula is C13H17NO2Si. The highest BCUT2D eigenvalue weighted by Gasteiger charge is 2.36. The summed E-state index contributed by atoms with van der Waals surface area (Å²) in [6.45, 7) is 6.12. The number of nitrogens with zero attached hydrogens (tertiary/aromatic N) is 1. The third-order valence-electron chi connectivity index (χ3n) is 2.81. The lowest BCUT2D eigenvalue weighted by molar-refractivity contribution is -0.121. The zero-order valence-corrected chi connectivity index (χ0v) is 11.4. The van der Waals surface area contributed by atoms with E-state index in [1.54, 1.807) is 0 Å². The van der Waals surface area contributed by atoms with Crippen molar-refractivity contribution in [2.45, 2.75) is 32.2 Å². The molecule has 3 nitrogen and oxygen atoms in total. The largest absolute Gasteiger partial charge is 0.384 e. The minimum atomic E-state index is -1.79. The van der Waals surface area contributed by atoms with Crippen molar-refractivity contribution in [1.82, 2.24) is 0 Å². The molecule has 2 rings (SSSR count). The lowest BCUT2D eigenvalue weighted by atomic mass is 10.1. The van der Waals surface area contributed by atoms with Gasteiger partial charge >= 0.3 is 0 Å². The van der Waals surface area contributed by atoms with Crippen LogP contribution in [0.3, 0.4) is 0 Å². The van der Waals surface area contributed by atoms with Gasteiger partial charge in [-0.25, -0.2) is 0 Å². The summed E-state index contributed by atoms with van der Waals surface area (Å²) in [6, 6.07) is 9.87. The van der Waals surface area contributed by atoms with E-state index in [0.717, 1.165) is 11.3 Å². The molecule has 17 heavy (non-hydrogen) atoms. The molecule has 1 atom stereocenters. The van der Waals surface area contributed by atoms with Gasteiger partial charge in [-0.15, -0.1) is 0 Å². The maximum atomic E-state index is 12.1. The molecule has 1 aromatic carbocycles. The third kappa shape index (κ3) is 2.64. The van der Waals surface area contributed by atoms with E-state index in [1.165, 1.54) is 0 Å². The van der Waals surface area contributed by atoms with Crippen LogP contribution in [0.15, 0.2) is 35.5 Å². The standard InChI is InChI=1S/C13H17NO2Si/c1-17(2,3)13(15)12-9-11(14-16-12)10-7-5-4-6-8-10/h4-8,12H,9H2,1-3H3/t12-/m0/s1. The van der Waals surface area contributed by atoms with Gasteiger partial charge in [0.2, 0.25) is 0 Å². The number of carbonyl (C=O) groups excluding carboxylic acids is 1. The molecule has 0 unspecified atom stereocenters. The quantitative estimate of drug-likeness (QED) is 0.770. The van der Waals surface area contributed by atoms with Crippen molar-refractivity contribution in [3.8, 4) is 0 Å². The molecule has 0 bridgehead atoms. The average Bonchev–Trinajstić information content (AvgIpc) is 2.77. The summed E-state index contributed by atoms with van der Waals surface area (Å²) in [5.74, 6) is 0. The predicted molar refractivity (Wildman–Crippen MR) is 70.8 cm³/mol. The molecule has 1 aliphatic heterocycles. The van der Waals surface area contributed by atoms with Crippen molar-refractivity contribution < 1.29 is 9.63 Å². The zero-order valence-electron chi connectivity index (χ0n) is 10.4. The van der Waals surface area contributed by atoms with Gasteiger partial charge in [-0.3, -0.25) is 0 Å². The summed E-state index contributed by atoms with van der Waals surface area (Å²) >= 11 is 0. The summed E-state index contributed by atoms with van der Waals surface area (Å²) in [5.41, 5.74) is 1.92. The van der Waals surface area contributed by atoms with Gasteiger partial charge in [0.15, 0.2) is 11.5 Å². The maximum Gasteiger partial charge on any atom is 0.186 e. The van der Waals surface area contributed by atoms with Crippen LogP contribution in [0.2, 0.25) is 19.6 Å². The van der Waals surface area contributed by atoms with E-state index in [0.29, 0.717) is 6.42 Å². The molecule has 0 spiro atoms. The van der Waals surface area contributed by atoms with E-state index in [1.807, 2.05) is 50.0 Å². The third-order valence-corrected chi connectivity index (χ3v) is 4.61. The fraction of sp³-hybridized carbons (Fsp3) is 0.385. The van der Waals surface area contributed by atoms with Crippen molar-refractivity contribution in [2.75, 3.05) is 0 Å². The maximum absolute atomic E-state index is 12.1. The molecule has 1 heterocycles. The van der Waals surface area contributed by atoms with E-state index in [-0.39, 0.29) is 11.5 Å². The normalized spacial score (nSPS) is 19.7. The van der Waals surface area contributed by atoms with E-state index >= 15 is 0 Å². The highest BCUT2D eigenvalue weighted by atomic mass is 28.3. The second-order valence-electron chi connectivity index (χ2n) is 5.32. The van der Waals surface area contributed by atoms with E-state index in [9.17, 15) is 4.79 Å². The lowest BCUT2D eigenvalue weighted by Gasteiger charge is -2.17. The molecule has 0 N–H and O–H groups in total. The van der Waals surface area contributed by atoms with Crippen LogP contribution in [0.4, 0.5) is 0 Å². The Labute approximate surface area is 102 Å². The van der Waals surface area contributed by atoms with Gasteiger partial charge in [-0.1, -0.05) is 55.1 Å². The van der Waals surface area contributed by atoms with Gasteiger partial charge in [0.25, 0.3) is 0 Å². The predicted octanol–water partition coefficient (Wildman–Crippen LogP) is 2.63. The van der Waals surface area contributed by atoms with Gasteiger partial charge in [-0.05, 0) is 5.56 Å². The van der Waals surface area contributed by atoms with Crippen molar-refractivity contribution >= 4 is 19.2 Å². The first-order chi connectivity index (χ1) is 7.98. The van der Waals surface area contributed by atoms with E-state index in [4.69, 9.17) is 4.84 Å². The van der Waals surface area contributed by atoms with Crippen molar-refractivity contribution in [3.05, 3.63) is 35.9 Å². The van der Waals surface area contributed by atoms with Crippen LogP contribution in [0.1, 0.15) is 12.0 Å². The highest BCUT2D eigenvalue weighted by Crippen LogP contribution is 2.20. The minimum absolute atomic E-state index is 0.243. The molecule has 0 radical (unpaired) electrons. The fourth-order valence-corrected chi connectivity index (χ4v) is 2.92. The number of rotatable bonds is 3. The Balaban J connectivity index is 2.08. The molecule has 1 aliphatic rings. The summed E-state index contributed by atoms with van der Waals surface area (Å²) in [5, 5.41) is 4.28. The minimum Gasteiger partial charge on any atom is -0.384 e. The van der Waals surface area contributed by atoms with Gasteiger partial charge in [0.1, 0.15) is 8.07 Å². The van der Waals surface area contributed by atoms with Crippen LogP contribution in [0.5, 0.6) is 0 Å². The van der Waals surface area contributed by atoms with Crippen LogP contribution in [-0.4, -0.2) is 25.3 Å². The smallest absolute Gasteiger partial charge is 0.186 e. The summed E-state index contributed by atoms with van der Waals surface area (Å²) < 4.78 is 0. The van der Waals surface area contributed by atoms with Crippen molar-refractivity contribution in [3.63, 3.8) is 0 Å². The number of carbonyl (C=O) groups is 1. The first kappa shape index (κ1) is 12.0. The summed E-state index contributed by atoms with van der Waals surface area (Å²) in [7, 11) is -1.79. The highest BCUT2D eigenvalue weighted by molar-refractivity contribution is 7.04. The average molecular weight is 247 g/mol. The summed E-state index contributed by atoms with van der Waals surface area (Å²) in [6.07, 6.45) is 0.240. The molecule has 0 saturated carbocycles. The second kappa shape index (κ2) is 4.45. The number of oxime groups is 1. The van der Waals surface area contributed by atoms with Crippen molar-refractivity contribution in [2.24, 2.45) is 5.16 Å². The van der Waals surface area contributed by atoms with Crippen LogP contribution in [0, 0.1) is 0 Å². The van der Waals surface area contributed by atoms with Gasteiger partial charge in [0, 0.05) is 6.42 Å². The van der Waals surface area contributed by atoms with Crippen molar-refractivity contribution in [1.29, 1.82) is 0 Å². The first-order valence-electron chi connectivity index (χ1n) is 5.81. The topological polar surface area (TPSA) is 38.7 Å². The molecule has 0 aromatic heterocycles. The van der Waals surface area contributed by atoms with Gasteiger partial charge in [0.05, 0.1) is 5.71 Å². The Morgan fingerprint density at radius 2 is 1.94 bits per heavy atom. The van der Waals surface area contributed by atoms with E-state index < -0.39 is 8.07 Å². The Bertz CT molecular complexity index is 448. The van der Waals surface area contributed by atoms with Crippen LogP contribution >= 0.6 is 0 Å². The number of hydrogen-bond acceptors (Lipinski definition) is 3. The molecule has 0 saturated heterocycles. The molecule has 0 aliphatic carbocycles. The number of benzene rings is 1. The Morgan fingerprint density at radius 1 is 1.29 bits per heavy atom. The van der Waals surface area contributed by atoms with Gasteiger partial charge in [-0.2, -0.15) is 0 Å². The Morgan fingerprint density at radius 3 is 2.53 bits per heavy atom. The Kier molecular flexibility index (Phi) is 3.15. The number of hydrogen-bond donors (Lipinski definition) is 0.